The van der Waals surface area contributed by atoms with Crippen molar-refractivity contribution in [3.05, 3.63) is 59.5 Å². The van der Waals surface area contributed by atoms with Crippen LogP contribution in [0.2, 0.25) is 0 Å². The van der Waals surface area contributed by atoms with Gasteiger partial charge in [-0.2, -0.15) is 5.26 Å². The maximum absolute atomic E-state index is 13.0. The Kier molecular flexibility index (Phi) is 4.76. The quantitative estimate of drug-likeness (QED) is 0.834. The van der Waals surface area contributed by atoms with Crippen molar-refractivity contribution >= 4 is 5.91 Å². The van der Waals surface area contributed by atoms with Crippen LogP contribution in [0.3, 0.4) is 0 Å². The van der Waals surface area contributed by atoms with E-state index in [-0.39, 0.29) is 23.7 Å². The number of rotatable bonds is 4. The minimum absolute atomic E-state index is 0.0480. The van der Waals surface area contributed by atoms with Gasteiger partial charge in [0.25, 0.3) is 0 Å². The Balaban J connectivity index is 1.27. The number of carbonyl (C=O) groups excluding carboxylic acids is 1. The summed E-state index contributed by atoms with van der Waals surface area (Å²) in [6, 6.07) is 12.0. The molecule has 5 nitrogen and oxygen atoms in total. The second-order valence-corrected chi connectivity index (χ2v) is 7.23. The molecule has 2 heterocycles. The van der Waals surface area contributed by atoms with Gasteiger partial charge in [-0.3, -0.25) is 4.79 Å². The molecule has 27 heavy (non-hydrogen) atoms. The highest BCUT2D eigenvalue weighted by Gasteiger charge is 2.39. The number of ether oxygens (including phenoxy) is 1. The molecule has 0 bridgehead atoms. The molecule has 2 aromatic rings. The summed E-state index contributed by atoms with van der Waals surface area (Å²) >= 11 is 0. The topological polar surface area (TPSA) is 66.2 Å². The Hall–Kier alpha value is -2.94. The molecule has 0 radical (unpaired) electrons. The van der Waals surface area contributed by atoms with Gasteiger partial charge in [-0.1, -0.05) is 12.1 Å². The van der Waals surface area contributed by atoms with E-state index in [0.717, 1.165) is 24.8 Å². The number of aromatic nitrogens is 1. The monoisotopic (exact) mass is 365 g/mol. The summed E-state index contributed by atoms with van der Waals surface area (Å²) < 4.78 is 18.9. The molecule has 1 saturated carbocycles. The van der Waals surface area contributed by atoms with Gasteiger partial charge in [-0.25, -0.2) is 9.37 Å². The number of amides is 1. The lowest BCUT2D eigenvalue weighted by Gasteiger charge is -2.36. The Morgan fingerprint density at radius 3 is 2.67 bits per heavy atom. The van der Waals surface area contributed by atoms with Crippen LogP contribution < -0.4 is 4.74 Å². The van der Waals surface area contributed by atoms with Gasteiger partial charge in [0.1, 0.15) is 18.0 Å². The molecule has 1 aromatic carbocycles. The first-order valence-electron chi connectivity index (χ1n) is 9.19. The minimum atomic E-state index is -0.231. The highest BCUT2D eigenvalue weighted by Crippen LogP contribution is 2.42. The maximum Gasteiger partial charge on any atom is 0.225 e. The first-order valence-corrected chi connectivity index (χ1v) is 9.19. The van der Waals surface area contributed by atoms with Gasteiger partial charge >= 0.3 is 0 Å². The van der Waals surface area contributed by atoms with Crippen molar-refractivity contribution in [2.45, 2.75) is 31.3 Å². The number of likely N-dealkylation sites (tertiary alicyclic amines) is 1. The van der Waals surface area contributed by atoms with Crippen molar-refractivity contribution in [3.63, 3.8) is 0 Å². The van der Waals surface area contributed by atoms with E-state index in [1.807, 2.05) is 23.1 Å². The lowest BCUT2D eigenvalue weighted by Crippen LogP contribution is -2.40. The third-order valence-corrected chi connectivity index (χ3v) is 5.44. The Morgan fingerprint density at radius 2 is 2.00 bits per heavy atom. The van der Waals surface area contributed by atoms with Crippen LogP contribution in [0.5, 0.6) is 5.88 Å². The SMILES string of the molecule is N#Cc1ccc(OC2CCN(C(=O)C3CC(c4ccc(F)cc4)C3)C2)nc1. The summed E-state index contributed by atoms with van der Waals surface area (Å²) in [4.78, 5) is 18.7. The van der Waals surface area contributed by atoms with Crippen LogP contribution in [0.15, 0.2) is 42.6 Å². The molecule has 1 saturated heterocycles. The fourth-order valence-electron chi connectivity index (χ4n) is 3.80. The highest BCUT2D eigenvalue weighted by molar-refractivity contribution is 5.80. The summed E-state index contributed by atoms with van der Waals surface area (Å²) in [5.41, 5.74) is 1.60. The molecule has 6 heteroatoms. The van der Waals surface area contributed by atoms with Crippen molar-refractivity contribution in [2.75, 3.05) is 13.1 Å². The first-order chi connectivity index (χ1) is 13.1. The van der Waals surface area contributed by atoms with Gasteiger partial charge in [0.05, 0.1) is 12.1 Å². The zero-order valence-electron chi connectivity index (χ0n) is 14.8. The predicted octanol–water partition coefficient (Wildman–Crippen LogP) is 3.27. The molecular formula is C21H20FN3O2. The van der Waals surface area contributed by atoms with Crippen molar-refractivity contribution in [2.24, 2.45) is 5.92 Å². The highest BCUT2D eigenvalue weighted by atomic mass is 19.1. The number of hydrogen-bond donors (Lipinski definition) is 0. The second kappa shape index (κ2) is 7.36. The van der Waals surface area contributed by atoms with Crippen LogP contribution in [0.4, 0.5) is 4.39 Å². The van der Waals surface area contributed by atoms with Crippen molar-refractivity contribution < 1.29 is 13.9 Å². The minimum Gasteiger partial charge on any atom is -0.472 e. The molecule has 1 amide bonds. The van der Waals surface area contributed by atoms with Crippen molar-refractivity contribution in [1.82, 2.24) is 9.88 Å². The van der Waals surface area contributed by atoms with Gasteiger partial charge in [0.15, 0.2) is 0 Å². The molecule has 138 valence electrons. The predicted molar refractivity (Wildman–Crippen MR) is 96.4 cm³/mol. The molecule has 4 rings (SSSR count). The average Bonchev–Trinajstić information content (AvgIpc) is 3.11. The van der Waals surface area contributed by atoms with Crippen molar-refractivity contribution in [3.8, 4) is 11.9 Å². The number of pyridine rings is 1. The van der Waals surface area contributed by atoms with Crippen molar-refractivity contribution in [1.29, 1.82) is 5.26 Å². The maximum atomic E-state index is 13.0. The van der Waals surface area contributed by atoms with E-state index in [2.05, 4.69) is 4.98 Å². The zero-order valence-corrected chi connectivity index (χ0v) is 14.8. The van der Waals surface area contributed by atoms with E-state index in [1.54, 1.807) is 12.1 Å². The molecule has 1 aliphatic heterocycles. The Labute approximate surface area is 157 Å². The molecule has 1 atom stereocenters. The van der Waals surface area contributed by atoms with E-state index in [1.165, 1.54) is 18.3 Å². The third kappa shape index (κ3) is 3.77. The largest absolute Gasteiger partial charge is 0.472 e. The molecular weight excluding hydrogens is 345 g/mol. The van der Waals surface area contributed by atoms with E-state index in [4.69, 9.17) is 10.00 Å². The molecule has 0 N–H and O–H groups in total. The number of halogens is 1. The number of nitrogens with zero attached hydrogens (tertiary/aromatic N) is 3. The molecule has 2 fully saturated rings. The van der Waals surface area contributed by atoms with Gasteiger partial charge in [0.2, 0.25) is 11.8 Å². The summed E-state index contributed by atoms with van der Waals surface area (Å²) in [7, 11) is 0. The standard InChI is InChI=1S/C21H20FN3O2/c22-18-4-2-15(3-5-18)16-9-17(10-16)21(26)25-8-7-19(13-25)27-20-6-1-14(11-23)12-24-20/h1-6,12,16-17,19H,7-10,13H2. The fourth-order valence-corrected chi connectivity index (χ4v) is 3.80. The first kappa shape index (κ1) is 17.5. The summed E-state index contributed by atoms with van der Waals surface area (Å²) in [5.74, 6) is 0.829. The van der Waals surface area contributed by atoms with Crippen LogP contribution >= 0.6 is 0 Å². The molecule has 1 unspecified atom stereocenters. The summed E-state index contributed by atoms with van der Waals surface area (Å²) in [6.45, 7) is 1.26. The Morgan fingerprint density at radius 1 is 1.22 bits per heavy atom. The summed E-state index contributed by atoms with van der Waals surface area (Å²) in [6.07, 6.45) is 3.84. The second-order valence-electron chi connectivity index (χ2n) is 7.23. The molecule has 2 aliphatic rings. The number of benzene rings is 1. The van der Waals surface area contributed by atoms with E-state index in [9.17, 15) is 9.18 Å². The van der Waals surface area contributed by atoms with E-state index < -0.39 is 0 Å². The fraction of sp³-hybridized carbons (Fsp3) is 0.381. The Bertz CT molecular complexity index is 854. The zero-order chi connectivity index (χ0) is 18.8. The van der Waals surface area contributed by atoms with E-state index >= 15 is 0 Å². The lowest BCUT2D eigenvalue weighted by molar-refractivity contribution is -0.138. The molecule has 0 spiro atoms. The molecule has 1 aromatic heterocycles. The van der Waals surface area contributed by atoms with Gasteiger partial charge in [-0.15, -0.1) is 0 Å². The van der Waals surface area contributed by atoms with Crippen LogP contribution in [0, 0.1) is 23.1 Å². The van der Waals surface area contributed by atoms with Crippen LogP contribution in [0.1, 0.15) is 36.3 Å². The number of nitriles is 1. The number of hydrogen-bond acceptors (Lipinski definition) is 4. The van der Waals surface area contributed by atoms with E-state index in [0.29, 0.717) is 30.5 Å². The van der Waals surface area contributed by atoms with Crippen LogP contribution in [-0.4, -0.2) is 35.0 Å². The smallest absolute Gasteiger partial charge is 0.225 e. The number of carbonyl (C=O) groups is 1. The van der Waals surface area contributed by atoms with Crippen LogP contribution in [0.25, 0.3) is 0 Å². The average molecular weight is 365 g/mol. The lowest BCUT2D eigenvalue weighted by atomic mass is 9.71. The normalized spacial score (nSPS) is 24.1. The molecule has 1 aliphatic carbocycles. The van der Waals surface area contributed by atoms with Gasteiger partial charge in [0, 0.05) is 31.1 Å². The van der Waals surface area contributed by atoms with Gasteiger partial charge < -0.3 is 9.64 Å². The summed E-state index contributed by atoms with van der Waals surface area (Å²) in [5, 5.41) is 8.80. The van der Waals surface area contributed by atoms with Crippen LogP contribution in [-0.2, 0) is 4.79 Å². The third-order valence-electron chi connectivity index (χ3n) is 5.44. The van der Waals surface area contributed by atoms with Gasteiger partial charge in [-0.05, 0) is 42.5 Å².